The molecule has 0 atom stereocenters. The van der Waals surface area contributed by atoms with Crippen LogP contribution in [0.25, 0.3) is 0 Å². The summed E-state index contributed by atoms with van der Waals surface area (Å²) in [5.41, 5.74) is 2.18. The van der Waals surface area contributed by atoms with Crippen molar-refractivity contribution >= 4 is 116 Å². The summed E-state index contributed by atoms with van der Waals surface area (Å²) < 4.78 is 15.1. The van der Waals surface area contributed by atoms with E-state index in [9.17, 15) is 28.8 Å². The van der Waals surface area contributed by atoms with Gasteiger partial charge in [-0.2, -0.15) is 0 Å². The molecule has 6 rings (SSSR count). The van der Waals surface area contributed by atoms with E-state index in [0.29, 0.717) is 39.0 Å². The Hall–Kier alpha value is -6.18. The quantitative estimate of drug-likeness (QED) is 0.0471. The zero-order valence-corrected chi connectivity index (χ0v) is 40.4. The molecule has 3 amide bonds. The number of carbonyl (C=O) groups is 6. The highest BCUT2D eigenvalue weighted by Crippen LogP contribution is 2.24. The summed E-state index contributed by atoms with van der Waals surface area (Å²) >= 11 is 13.5. The summed E-state index contributed by atoms with van der Waals surface area (Å²) in [6.07, 6.45) is 3.66. The average Bonchev–Trinajstić information content (AvgIpc) is 3.34. The SMILES string of the molecule is COC(=O)c1ccc(Cl)cc1NC(=O)CCSc1ccccn1.COC(=O)c1ccccc1NC(=O)CSc1ccc(Br)cc1.COC(=O)c1ccccc1NC(=O)CSc1ccccn1. The summed E-state index contributed by atoms with van der Waals surface area (Å²) in [6, 6.07) is 36.9. The Morgan fingerprint density at radius 2 is 0.985 bits per heavy atom. The van der Waals surface area contributed by atoms with Gasteiger partial charge in [0.15, 0.2) is 0 Å². The Labute approximate surface area is 407 Å². The van der Waals surface area contributed by atoms with E-state index in [1.54, 1.807) is 67.0 Å². The van der Waals surface area contributed by atoms with Gasteiger partial charge in [0, 0.05) is 39.0 Å². The highest BCUT2D eigenvalue weighted by atomic mass is 79.9. The van der Waals surface area contributed by atoms with Gasteiger partial charge in [-0.3, -0.25) is 14.4 Å². The zero-order valence-electron chi connectivity index (χ0n) is 35.7. The summed E-state index contributed by atoms with van der Waals surface area (Å²) in [7, 11) is 3.90. The topological polar surface area (TPSA) is 192 Å². The maximum atomic E-state index is 12.0. The molecular weight excluding hydrogens is 990 g/mol. The van der Waals surface area contributed by atoms with Crippen LogP contribution in [0, 0.1) is 0 Å². The van der Waals surface area contributed by atoms with Crippen LogP contribution in [0.1, 0.15) is 37.5 Å². The highest BCUT2D eigenvalue weighted by Gasteiger charge is 2.16. The summed E-state index contributed by atoms with van der Waals surface area (Å²) in [4.78, 5) is 80.2. The number of anilines is 3. The molecule has 342 valence electrons. The molecule has 0 radical (unpaired) electrons. The number of ether oxygens (including phenoxy) is 3. The van der Waals surface area contributed by atoms with Gasteiger partial charge in [0.1, 0.15) is 0 Å². The lowest BCUT2D eigenvalue weighted by molar-refractivity contribution is -0.116. The Morgan fingerprint density at radius 3 is 1.48 bits per heavy atom. The molecule has 0 aliphatic heterocycles. The van der Waals surface area contributed by atoms with Crippen LogP contribution in [0.4, 0.5) is 17.1 Å². The number of rotatable bonds is 16. The number of esters is 3. The summed E-state index contributed by atoms with van der Waals surface area (Å²) in [5.74, 6) is -1.02. The van der Waals surface area contributed by atoms with Crippen LogP contribution >= 0.6 is 62.8 Å². The zero-order chi connectivity index (χ0) is 47.7. The third kappa shape index (κ3) is 18.4. The van der Waals surface area contributed by atoms with Gasteiger partial charge in [0.05, 0.1) is 76.6 Å². The first-order chi connectivity index (χ1) is 31.9. The Bertz CT molecular complexity index is 2560. The number of methoxy groups -OCH3 is 3. The number of thioether (sulfide) groups is 3. The third-order valence-electron chi connectivity index (χ3n) is 8.26. The number of carbonyl (C=O) groups excluding carboxylic acids is 6. The van der Waals surface area contributed by atoms with Gasteiger partial charge >= 0.3 is 17.9 Å². The van der Waals surface area contributed by atoms with E-state index < -0.39 is 17.9 Å². The highest BCUT2D eigenvalue weighted by molar-refractivity contribution is 9.10. The second-order valence-corrected chi connectivity index (χ2v) is 17.4. The van der Waals surface area contributed by atoms with Crippen molar-refractivity contribution in [1.82, 2.24) is 9.97 Å². The van der Waals surface area contributed by atoms with Crippen molar-refractivity contribution in [3.63, 3.8) is 0 Å². The lowest BCUT2D eigenvalue weighted by Crippen LogP contribution is -2.17. The van der Waals surface area contributed by atoms with Gasteiger partial charge in [0.25, 0.3) is 0 Å². The molecule has 0 aliphatic rings. The molecule has 14 nitrogen and oxygen atoms in total. The molecule has 6 aromatic rings. The van der Waals surface area contributed by atoms with Crippen molar-refractivity contribution in [3.05, 3.63) is 166 Å². The van der Waals surface area contributed by atoms with Crippen LogP contribution in [0.2, 0.25) is 5.02 Å². The molecule has 0 saturated heterocycles. The predicted octanol–water partition coefficient (Wildman–Crippen LogP) is 10.2. The first-order valence-electron chi connectivity index (χ1n) is 19.5. The van der Waals surface area contributed by atoms with E-state index >= 15 is 0 Å². The minimum Gasteiger partial charge on any atom is -0.465 e. The molecule has 3 N–H and O–H groups in total. The van der Waals surface area contributed by atoms with E-state index in [1.165, 1.54) is 68.7 Å². The molecule has 0 fully saturated rings. The summed E-state index contributed by atoms with van der Waals surface area (Å²) in [6.45, 7) is 0. The number of amides is 3. The van der Waals surface area contributed by atoms with E-state index in [0.717, 1.165) is 19.4 Å². The van der Waals surface area contributed by atoms with E-state index in [-0.39, 0.29) is 41.2 Å². The number of halogens is 2. The average molecular weight is 1030 g/mol. The van der Waals surface area contributed by atoms with Crippen LogP contribution in [-0.4, -0.2) is 84.2 Å². The van der Waals surface area contributed by atoms with Crippen molar-refractivity contribution < 1.29 is 43.0 Å². The van der Waals surface area contributed by atoms with Crippen molar-refractivity contribution in [1.29, 1.82) is 0 Å². The third-order valence-corrected chi connectivity index (χ3v) is 11.9. The van der Waals surface area contributed by atoms with Gasteiger partial charge in [-0.25, -0.2) is 24.4 Å². The molecule has 19 heteroatoms. The minimum atomic E-state index is -0.528. The fraction of sp³-hybridized carbons (Fsp3) is 0.149. The number of nitrogens with one attached hydrogen (secondary N) is 3. The molecular formula is C47H43BrClN5O9S3. The van der Waals surface area contributed by atoms with Crippen molar-refractivity contribution in [2.75, 3.05) is 54.5 Å². The maximum absolute atomic E-state index is 12.0. The molecule has 4 aromatic carbocycles. The molecule has 2 aromatic heterocycles. The second-order valence-electron chi connectivity index (χ2n) is 12.9. The standard InChI is InChI=1S/C16H14BrNO3S.C16H15ClN2O3S.C15H14N2O3S/c1-21-16(20)13-4-2-3-5-14(13)18-15(19)10-22-12-8-6-11(17)7-9-12;1-22-16(21)12-6-5-11(17)10-13(12)19-14(20)7-9-23-15-4-2-3-8-18-15;1-20-15(19)11-6-2-3-7-12(11)17-13(18)10-21-14-8-4-5-9-16-14/h2-9H,10H2,1H3,(H,18,19);2-6,8,10H,7,9H2,1H3,(H,19,20);2-9H,10H2,1H3,(H,17,18). The predicted molar refractivity (Wildman–Crippen MR) is 264 cm³/mol. The van der Waals surface area contributed by atoms with Crippen LogP contribution in [0.5, 0.6) is 0 Å². The van der Waals surface area contributed by atoms with Crippen molar-refractivity contribution in [2.24, 2.45) is 0 Å². The Morgan fingerprint density at radius 1 is 0.530 bits per heavy atom. The number of para-hydroxylation sites is 2. The largest absolute Gasteiger partial charge is 0.465 e. The molecule has 0 unspecified atom stereocenters. The fourth-order valence-corrected chi connectivity index (χ4v) is 7.79. The monoisotopic (exact) mass is 1030 g/mol. The molecule has 2 heterocycles. The van der Waals surface area contributed by atoms with Crippen LogP contribution in [0.3, 0.4) is 0 Å². The Balaban J connectivity index is 0.000000217. The molecule has 0 bridgehead atoms. The summed E-state index contributed by atoms with van der Waals surface area (Å²) in [5, 5.41) is 10.2. The number of aromatic nitrogens is 2. The lowest BCUT2D eigenvalue weighted by Gasteiger charge is -2.10. The minimum absolute atomic E-state index is 0.177. The second kappa shape index (κ2) is 28.7. The molecule has 66 heavy (non-hydrogen) atoms. The van der Waals surface area contributed by atoms with Crippen LogP contribution in [0.15, 0.2) is 159 Å². The van der Waals surface area contributed by atoms with Crippen molar-refractivity contribution in [2.45, 2.75) is 21.4 Å². The molecule has 0 spiro atoms. The Kier molecular flexibility index (Phi) is 22.8. The number of nitrogens with zero attached hydrogens (tertiary/aromatic N) is 2. The van der Waals surface area contributed by atoms with Gasteiger partial charge in [-0.05, 0) is 91.0 Å². The molecule has 0 saturated carbocycles. The molecule has 0 aliphatic carbocycles. The van der Waals surface area contributed by atoms with Gasteiger partial charge < -0.3 is 30.2 Å². The number of pyridine rings is 2. The number of hydrogen-bond donors (Lipinski definition) is 3. The van der Waals surface area contributed by atoms with E-state index in [2.05, 4.69) is 46.6 Å². The normalized spacial score (nSPS) is 10.1. The lowest BCUT2D eigenvalue weighted by atomic mass is 10.1. The number of benzene rings is 4. The van der Waals surface area contributed by atoms with Gasteiger partial charge in [0.2, 0.25) is 17.7 Å². The van der Waals surface area contributed by atoms with Crippen LogP contribution in [-0.2, 0) is 28.6 Å². The number of hydrogen-bond acceptors (Lipinski definition) is 14. The first kappa shape index (κ1) is 52.4. The first-order valence-corrected chi connectivity index (χ1v) is 23.6. The maximum Gasteiger partial charge on any atom is 0.339 e. The smallest absolute Gasteiger partial charge is 0.339 e. The van der Waals surface area contributed by atoms with Gasteiger partial charge in [-0.15, -0.1) is 23.5 Å². The van der Waals surface area contributed by atoms with Crippen molar-refractivity contribution in [3.8, 4) is 0 Å². The van der Waals surface area contributed by atoms with E-state index in [4.69, 9.17) is 21.1 Å². The fourth-order valence-electron chi connectivity index (χ4n) is 5.19. The van der Waals surface area contributed by atoms with Crippen LogP contribution < -0.4 is 16.0 Å². The van der Waals surface area contributed by atoms with E-state index in [1.807, 2.05) is 60.7 Å². The van der Waals surface area contributed by atoms with Gasteiger partial charge in [-0.1, -0.05) is 75.7 Å².